The zero-order valence-electron chi connectivity index (χ0n) is 13.6. The first-order valence-electron chi connectivity index (χ1n) is 7.34. The maximum absolute atomic E-state index is 9.95. The third kappa shape index (κ3) is 3.59. The van der Waals surface area contributed by atoms with Gasteiger partial charge in [0.1, 0.15) is 5.03 Å². The topological polar surface area (TPSA) is 77.6 Å². The molecule has 0 saturated heterocycles. The molecule has 0 fully saturated rings. The summed E-state index contributed by atoms with van der Waals surface area (Å²) in [5.41, 5.74) is 1.45. The van der Waals surface area contributed by atoms with Gasteiger partial charge in [0.2, 0.25) is 11.6 Å². The van der Waals surface area contributed by atoms with Crippen molar-refractivity contribution < 1.29 is 19.0 Å². The minimum absolute atomic E-state index is 0.0811. The van der Waals surface area contributed by atoms with Crippen LogP contribution in [0, 0.1) is 0 Å². The van der Waals surface area contributed by atoms with Crippen LogP contribution >= 0.6 is 11.6 Å². The van der Waals surface area contributed by atoms with E-state index in [0.29, 0.717) is 11.5 Å². The smallest absolute Gasteiger partial charge is 0.259 e. The number of phenols is 1. The third-order valence-electron chi connectivity index (χ3n) is 3.45. The van der Waals surface area contributed by atoms with Gasteiger partial charge in [0.15, 0.2) is 11.5 Å². The van der Waals surface area contributed by atoms with E-state index in [2.05, 4.69) is 10.2 Å². The van der Waals surface area contributed by atoms with Crippen LogP contribution in [0.1, 0.15) is 11.5 Å². The number of hydrogen-bond acceptors (Lipinski definition) is 6. The summed E-state index contributed by atoms with van der Waals surface area (Å²) in [6.07, 6.45) is 1.62. The van der Waals surface area contributed by atoms with Crippen LogP contribution in [-0.4, -0.2) is 29.5 Å². The molecular formula is C18H15ClN2O4. The fraction of sp³-hybridized carbons (Fsp3) is 0.111. The number of nitrogens with zero attached hydrogens (tertiary/aromatic N) is 2. The molecule has 128 valence electrons. The lowest BCUT2D eigenvalue weighted by Crippen LogP contribution is -1.90. The molecule has 1 aromatic heterocycles. The zero-order chi connectivity index (χ0) is 17.8. The largest absolute Gasteiger partial charge is 0.502 e. The highest BCUT2D eigenvalue weighted by Crippen LogP contribution is 2.38. The summed E-state index contributed by atoms with van der Waals surface area (Å²) in [5, 5.41) is 18.2. The van der Waals surface area contributed by atoms with Crippen LogP contribution < -0.4 is 9.47 Å². The Bertz CT molecular complexity index is 881. The number of aromatic hydroxyl groups is 1. The molecule has 2 aromatic carbocycles. The first kappa shape index (κ1) is 16.9. The first-order chi connectivity index (χ1) is 12.1. The molecule has 0 unspecified atom stereocenters. The Hall–Kier alpha value is -2.99. The molecule has 1 N–H and O–H groups in total. The lowest BCUT2D eigenvalue weighted by Gasteiger charge is -2.09. The molecule has 0 aliphatic rings. The zero-order valence-corrected chi connectivity index (χ0v) is 14.3. The number of halogens is 1. The molecule has 0 spiro atoms. The second-order valence-electron chi connectivity index (χ2n) is 5.04. The van der Waals surface area contributed by atoms with Crippen LogP contribution in [0.5, 0.6) is 17.2 Å². The van der Waals surface area contributed by atoms with Gasteiger partial charge in [0, 0.05) is 5.56 Å². The number of methoxy groups -OCH3 is 2. The van der Waals surface area contributed by atoms with Crippen LogP contribution in [-0.2, 0) is 0 Å². The van der Waals surface area contributed by atoms with Crippen molar-refractivity contribution in [3.8, 4) is 28.7 Å². The minimum atomic E-state index is -0.0811. The summed E-state index contributed by atoms with van der Waals surface area (Å²) in [4.78, 5) is 0. The Morgan fingerprint density at radius 2 is 1.72 bits per heavy atom. The number of benzene rings is 2. The Morgan fingerprint density at radius 1 is 1.08 bits per heavy atom. The van der Waals surface area contributed by atoms with E-state index in [-0.39, 0.29) is 28.2 Å². The highest BCUT2D eigenvalue weighted by atomic mass is 35.5. The van der Waals surface area contributed by atoms with Crippen LogP contribution in [0.15, 0.2) is 46.9 Å². The van der Waals surface area contributed by atoms with E-state index in [0.717, 1.165) is 5.56 Å². The van der Waals surface area contributed by atoms with Gasteiger partial charge in [-0.3, -0.25) is 0 Å². The average molecular weight is 359 g/mol. The van der Waals surface area contributed by atoms with Crippen molar-refractivity contribution in [3.05, 3.63) is 53.9 Å². The Labute approximate surface area is 149 Å². The van der Waals surface area contributed by atoms with Crippen LogP contribution in [0.4, 0.5) is 0 Å². The van der Waals surface area contributed by atoms with Gasteiger partial charge >= 0.3 is 0 Å². The van der Waals surface area contributed by atoms with E-state index in [9.17, 15) is 5.11 Å². The molecule has 1 heterocycles. The quantitative estimate of drug-likeness (QED) is 0.736. The van der Waals surface area contributed by atoms with Gasteiger partial charge in [-0.05, 0) is 35.9 Å². The maximum Gasteiger partial charge on any atom is 0.259 e. The summed E-state index contributed by atoms with van der Waals surface area (Å²) in [6.45, 7) is 0. The number of phenolic OH excluding ortho intramolecular Hbond substituents is 1. The van der Waals surface area contributed by atoms with Crippen molar-refractivity contribution in [2.45, 2.75) is 0 Å². The van der Waals surface area contributed by atoms with Gasteiger partial charge in [-0.1, -0.05) is 29.8 Å². The van der Waals surface area contributed by atoms with E-state index >= 15 is 0 Å². The molecule has 0 saturated carbocycles. The van der Waals surface area contributed by atoms with Crippen molar-refractivity contribution in [2.75, 3.05) is 14.2 Å². The van der Waals surface area contributed by atoms with E-state index in [4.69, 9.17) is 25.5 Å². The lowest BCUT2D eigenvalue weighted by molar-refractivity contribution is 0.340. The van der Waals surface area contributed by atoms with Crippen molar-refractivity contribution in [3.63, 3.8) is 0 Å². The Morgan fingerprint density at radius 3 is 2.32 bits per heavy atom. The molecule has 7 heteroatoms. The molecule has 0 aliphatic carbocycles. The average Bonchev–Trinajstić information content (AvgIpc) is 3.14. The van der Waals surface area contributed by atoms with E-state index in [1.54, 1.807) is 18.2 Å². The van der Waals surface area contributed by atoms with Gasteiger partial charge < -0.3 is 19.0 Å². The van der Waals surface area contributed by atoms with Crippen LogP contribution in [0.3, 0.4) is 0 Å². The number of hydrogen-bond donors (Lipinski definition) is 1. The van der Waals surface area contributed by atoms with Crippen LogP contribution in [0.25, 0.3) is 22.6 Å². The fourth-order valence-electron chi connectivity index (χ4n) is 2.22. The first-order valence-corrected chi connectivity index (χ1v) is 7.71. The van der Waals surface area contributed by atoms with Crippen molar-refractivity contribution in [2.24, 2.45) is 0 Å². The Balaban J connectivity index is 1.93. The summed E-state index contributed by atoms with van der Waals surface area (Å²) in [7, 11) is 2.90. The third-order valence-corrected chi connectivity index (χ3v) is 3.72. The maximum atomic E-state index is 9.95. The van der Waals surface area contributed by atoms with Crippen LogP contribution in [0.2, 0.25) is 0 Å². The summed E-state index contributed by atoms with van der Waals surface area (Å²) in [5.74, 6) is 1.02. The molecule has 0 bridgehead atoms. The molecule has 3 rings (SSSR count). The van der Waals surface area contributed by atoms with Crippen molar-refractivity contribution in [1.82, 2.24) is 10.2 Å². The molecule has 0 aliphatic heterocycles. The molecule has 0 radical (unpaired) electrons. The van der Waals surface area contributed by atoms with E-state index in [1.807, 2.05) is 30.3 Å². The highest BCUT2D eigenvalue weighted by Gasteiger charge is 2.14. The standard InChI is InChI=1S/C18H15ClN2O4/c1-23-14-9-11(10-15(24-2)16(14)22)8-13(19)18-21-20-17(25-18)12-6-4-3-5-7-12/h3-10,22H,1-2H3/b13-8-. The molecule has 6 nitrogen and oxygen atoms in total. The predicted octanol–water partition coefficient (Wildman–Crippen LogP) is 4.20. The predicted molar refractivity (Wildman–Crippen MR) is 94.7 cm³/mol. The fourth-order valence-corrected chi connectivity index (χ4v) is 2.42. The SMILES string of the molecule is COc1cc(/C=C(\Cl)c2nnc(-c3ccccc3)o2)cc(OC)c1O. The summed E-state index contributed by atoms with van der Waals surface area (Å²) < 4.78 is 15.9. The minimum Gasteiger partial charge on any atom is -0.502 e. The number of aromatic nitrogens is 2. The van der Waals surface area contributed by atoms with E-state index in [1.165, 1.54) is 14.2 Å². The van der Waals surface area contributed by atoms with Gasteiger partial charge in [0.05, 0.1) is 14.2 Å². The van der Waals surface area contributed by atoms with Crippen molar-refractivity contribution in [1.29, 1.82) is 0 Å². The molecule has 0 amide bonds. The Kier molecular flexibility index (Phi) is 4.90. The normalized spacial score (nSPS) is 11.4. The van der Waals surface area contributed by atoms with Crippen molar-refractivity contribution >= 4 is 22.7 Å². The lowest BCUT2D eigenvalue weighted by atomic mass is 10.1. The summed E-state index contributed by atoms with van der Waals surface area (Å²) >= 11 is 6.29. The molecular weight excluding hydrogens is 344 g/mol. The molecule has 3 aromatic rings. The van der Waals surface area contributed by atoms with Gasteiger partial charge in [-0.2, -0.15) is 0 Å². The molecule has 25 heavy (non-hydrogen) atoms. The van der Waals surface area contributed by atoms with Gasteiger partial charge in [-0.25, -0.2) is 0 Å². The second kappa shape index (κ2) is 7.27. The van der Waals surface area contributed by atoms with Gasteiger partial charge in [-0.15, -0.1) is 10.2 Å². The number of rotatable bonds is 5. The number of ether oxygens (including phenoxy) is 2. The van der Waals surface area contributed by atoms with Gasteiger partial charge in [0.25, 0.3) is 5.89 Å². The molecule has 0 atom stereocenters. The monoisotopic (exact) mass is 358 g/mol. The summed E-state index contributed by atoms with van der Waals surface area (Å²) in [6, 6.07) is 12.6. The van der Waals surface area contributed by atoms with E-state index < -0.39 is 0 Å². The highest BCUT2D eigenvalue weighted by molar-refractivity contribution is 6.50. The second-order valence-corrected chi connectivity index (χ2v) is 5.45.